The van der Waals surface area contributed by atoms with E-state index in [0.29, 0.717) is 11.8 Å². The van der Waals surface area contributed by atoms with Gasteiger partial charge in [-0.25, -0.2) is 4.98 Å². The van der Waals surface area contributed by atoms with Gasteiger partial charge in [-0.15, -0.1) is 0 Å². The largest absolute Gasteiger partial charge is 0.459 e. The van der Waals surface area contributed by atoms with Crippen LogP contribution in [0.1, 0.15) is 12.8 Å². The van der Waals surface area contributed by atoms with Gasteiger partial charge in [-0.05, 0) is 18.4 Å². The Balaban J connectivity index is 1.47. The van der Waals surface area contributed by atoms with E-state index in [0.717, 1.165) is 41.3 Å². The topological polar surface area (TPSA) is 82.9 Å². The number of aromatic amines is 1. The molecule has 7 nitrogen and oxygen atoms in total. The van der Waals surface area contributed by atoms with Crippen LogP contribution in [0, 0.1) is 0 Å². The van der Waals surface area contributed by atoms with Gasteiger partial charge in [0.1, 0.15) is 5.52 Å². The Morgan fingerprint density at radius 3 is 2.73 bits per heavy atom. The third kappa shape index (κ3) is 2.67. The predicted molar refractivity (Wildman–Crippen MR) is 101 cm³/mol. The van der Waals surface area contributed by atoms with Crippen LogP contribution in [0.15, 0.2) is 53.1 Å². The average molecular weight is 346 g/mol. The van der Waals surface area contributed by atoms with Gasteiger partial charge in [0.25, 0.3) is 0 Å². The highest BCUT2D eigenvalue weighted by atomic mass is 16.3. The second kappa shape index (κ2) is 6.18. The van der Waals surface area contributed by atoms with E-state index in [1.807, 2.05) is 42.5 Å². The standard InChI is InChI=1S/C19H18N6O/c1-2-6-13(7-3-1)15-12-16(24-23-15)21-19-20-14-8-11-26-17(14)18(22-19)25-9-4-5-10-25/h1-3,6-8,11-12H,4-5,9-10H2,(H2,20,21,22,23,24). The molecule has 0 spiro atoms. The van der Waals surface area contributed by atoms with Crippen molar-refractivity contribution < 1.29 is 4.42 Å². The van der Waals surface area contributed by atoms with Crippen LogP contribution in [0.3, 0.4) is 0 Å². The van der Waals surface area contributed by atoms with E-state index in [1.165, 1.54) is 12.8 Å². The molecule has 1 fully saturated rings. The highest BCUT2D eigenvalue weighted by Gasteiger charge is 2.20. The summed E-state index contributed by atoms with van der Waals surface area (Å²) >= 11 is 0. The zero-order valence-corrected chi connectivity index (χ0v) is 14.1. The van der Waals surface area contributed by atoms with Crippen molar-refractivity contribution in [2.45, 2.75) is 12.8 Å². The number of nitrogens with zero attached hydrogens (tertiary/aromatic N) is 4. The van der Waals surface area contributed by atoms with E-state index in [-0.39, 0.29) is 0 Å². The summed E-state index contributed by atoms with van der Waals surface area (Å²) in [6.45, 7) is 1.99. The summed E-state index contributed by atoms with van der Waals surface area (Å²) < 4.78 is 5.61. The van der Waals surface area contributed by atoms with Crippen molar-refractivity contribution in [1.82, 2.24) is 20.2 Å². The van der Waals surface area contributed by atoms with Crippen LogP contribution >= 0.6 is 0 Å². The van der Waals surface area contributed by atoms with E-state index < -0.39 is 0 Å². The van der Waals surface area contributed by atoms with E-state index in [1.54, 1.807) is 6.26 Å². The molecule has 1 aliphatic rings. The number of nitrogens with one attached hydrogen (secondary N) is 2. The van der Waals surface area contributed by atoms with Crippen LogP contribution < -0.4 is 10.2 Å². The fourth-order valence-electron chi connectivity index (χ4n) is 3.31. The third-order valence-corrected chi connectivity index (χ3v) is 4.59. The van der Waals surface area contributed by atoms with Gasteiger partial charge in [0.15, 0.2) is 17.2 Å². The van der Waals surface area contributed by atoms with Crippen LogP contribution in [0.4, 0.5) is 17.6 Å². The molecule has 2 N–H and O–H groups in total. The summed E-state index contributed by atoms with van der Waals surface area (Å²) in [5.74, 6) is 2.05. The minimum atomic E-state index is 0.520. The number of hydrogen-bond donors (Lipinski definition) is 2. The van der Waals surface area contributed by atoms with Gasteiger partial charge in [0.05, 0.1) is 12.0 Å². The minimum Gasteiger partial charge on any atom is -0.459 e. The molecule has 3 aromatic heterocycles. The Morgan fingerprint density at radius 1 is 1.04 bits per heavy atom. The van der Waals surface area contributed by atoms with Crippen molar-refractivity contribution >= 4 is 28.7 Å². The average Bonchev–Trinajstić information content (AvgIpc) is 3.43. The monoisotopic (exact) mass is 346 g/mol. The number of benzene rings is 1. The molecule has 1 aliphatic heterocycles. The molecule has 4 heterocycles. The second-order valence-electron chi connectivity index (χ2n) is 6.36. The first kappa shape index (κ1) is 14.9. The molecule has 1 saturated heterocycles. The normalized spacial score (nSPS) is 14.2. The number of furan rings is 1. The van der Waals surface area contributed by atoms with E-state index in [4.69, 9.17) is 4.42 Å². The summed E-state index contributed by atoms with van der Waals surface area (Å²) in [5, 5.41) is 10.6. The zero-order valence-electron chi connectivity index (χ0n) is 14.1. The second-order valence-corrected chi connectivity index (χ2v) is 6.36. The van der Waals surface area contributed by atoms with Gasteiger partial charge >= 0.3 is 0 Å². The van der Waals surface area contributed by atoms with Crippen molar-refractivity contribution in [3.8, 4) is 11.3 Å². The third-order valence-electron chi connectivity index (χ3n) is 4.59. The first-order chi connectivity index (χ1) is 12.9. The number of fused-ring (bicyclic) bond motifs is 1. The quantitative estimate of drug-likeness (QED) is 0.582. The van der Waals surface area contributed by atoms with Crippen molar-refractivity contribution in [1.29, 1.82) is 0 Å². The number of rotatable bonds is 4. The van der Waals surface area contributed by atoms with Crippen molar-refractivity contribution in [2.75, 3.05) is 23.3 Å². The van der Waals surface area contributed by atoms with Crippen molar-refractivity contribution in [3.05, 3.63) is 48.7 Å². The zero-order chi connectivity index (χ0) is 17.3. The van der Waals surface area contributed by atoms with Gasteiger partial charge in [-0.3, -0.25) is 5.10 Å². The smallest absolute Gasteiger partial charge is 0.231 e. The molecule has 0 amide bonds. The molecular weight excluding hydrogens is 328 g/mol. The molecule has 0 unspecified atom stereocenters. The SMILES string of the molecule is c1ccc(-c2cc(Nc3nc(N4CCCC4)c4occc4n3)n[nH]2)cc1. The summed E-state index contributed by atoms with van der Waals surface area (Å²) in [7, 11) is 0. The predicted octanol–water partition coefficient (Wildman–Crippen LogP) is 3.96. The van der Waals surface area contributed by atoms with Gasteiger partial charge in [-0.2, -0.15) is 10.1 Å². The van der Waals surface area contributed by atoms with Gasteiger partial charge in [-0.1, -0.05) is 30.3 Å². The molecule has 0 bridgehead atoms. The van der Waals surface area contributed by atoms with E-state index >= 15 is 0 Å². The molecule has 7 heteroatoms. The first-order valence-electron chi connectivity index (χ1n) is 8.75. The number of hydrogen-bond acceptors (Lipinski definition) is 6. The summed E-state index contributed by atoms with van der Waals surface area (Å²) in [4.78, 5) is 11.5. The Hall–Kier alpha value is -3.35. The fourth-order valence-corrected chi connectivity index (χ4v) is 3.31. The highest BCUT2D eigenvalue weighted by molar-refractivity contribution is 5.85. The summed E-state index contributed by atoms with van der Waals surface area (Å²) in [6, 6.07) is 13.9. The lowest BCUT2D eigenvalue weighted by Crippen LogP contribution is -2.19. The van der Waals surface area contributed by atoms with Crippen LogP contribution in [0.2, 0.25) is 0 Å². The maximum Gasteiger partial charge on any atom is 0.231 e. The summed E-state index contributed by atoms with van der Waals surface area (Å²) in [5.41, 5.74) is 3.56. The Bertz CT molecular complexity index is 1030. The van der Waals surface area contributed by atoms with Crippen LogP contribution in [0.25, 0.3) is 22.4 Å². The lowest BCUT2D eigenvalue weighted by Gasteiger charge is -2.16. The summed E-state index contributed by atoms with van der Waals surface area (Å²) in [6.07, 6.45) is 4.01. The van der Waals surface area contributed by atoms with Crippen molar-refractivity contribution in [2.24, 2.45) is 0 Å². The highest BCUT2D eigenvalue weighted by Crippen LogP contribution is 2.29. The van der Waals surface area contributed by atoms with Crippen LogP contribution in [-0.2, 0) is 0 Å². The Morgan fingerprint density at radius 2 is 1.88 bits per heavy atom. The van der Waals surface area contributed by atoms with Crippen molar-refractivity contribution in [3.63, 3.8) is 0 Å². The lowest BCUT2D eigenvalue weighted by atomic mass is 10.2. The molecule has 4 aromatic rings. The molecule has 0 atom stereocenters. The van der Waals surface area contributed by atoms with Crippen LogP contribution in [-0.4, -0.2) is 33.3 Å². The lowest BCUT2D eigenvalue weighted by molar-refractivity contribution is 0.612. The van der Waals surface area contributed by atoms with Crippen LogP contribution in [0.5, 0.6) is 0 Å². The van der Waals surface area contributed by atoms with E-state index in [2.05, 4.69) is 30.4 Å². The molecule has 130 valence electrons. The number of H-pyrrole nitrogens is 1. The molecule has 0 radical (unpaired) electrons. The van der Waals surface area contributed by atoms with Gasteiger partial charge in [0, 0.05) is 25.2 Å². The fraction of sp³-hybridized carbons (Fsp3) is 0.211. The molecular formula is C19H18N6O. The maximum absolute atomic E-state index is 5.61. The van der Waals surface area contributed by atoms with Gasteiger partial charge < -0.3 is 14.6 Å². The molecule has 26 heavy (non-hydrogen) atoms. The molecule has 5 rings (SSSR count). The Labute approximate surface area is 150 Å². The van der Waals surface area contributed by atoms with E-state index in [9.17, 15) is 0 Å². The van der Waals surface area contributed by atoms with Gasteiger partial charge in [0.2, 0.25) is 5.95 Å². The molecule has 0 saturated carbocycles. The maximum atomic E-state index is 5.61. The minimum absolute atomic E-state index is 0.520. The Kier molecular flexibility index (Phi) is 3.55. The molecule has 0 aliphatic carbocycles. The first-order valence-corrected chi connectivity index (χ1v) is 8.75. The number of aromatic nitrogens is 4. The number of anilines is 3. The molecule has 1 aromatic carbocycles.